The molecule has 3 aromatic rings. The van der Waals surface area contributed by atoms with Gasteiger partial charge >= 0.3 is 0 Å². The van der Waals surface area contributed by atoms with E-state index in [-0.39, 0.29) is 17.9 Å². The normalized spacial score (nSPS) is 15.1. The SMILES string of the molecule is CC1=CC(C)(C)N(C)c2cc(Cl)c(/C=N\NC(=O)Cc3cccc4ccccc34)cc21. The van der Waals surface area contributed by atoms with E-state index in [0.29, 0.717) is 5.02 Å². The second-order valence-electron chi connectivity index (χ2n) is 8.54. The summed E-state index contributed by atoms with van der Waals surface area (Å²) in [5.74, 6) is -0.167. The molecule has 0 fully saturated rings. The lowest BCUT2D eigenvalue weighted by molar-refractivity contribution is -0.120. The summed E-state index contributed by atoms with van der Waals surface area (Å²) in [5.41, 5.74) is 7.71. The van der Waals surface area contributed by atoms with E-state index in [4.69, 9.17) is 11.6 Å². The molecule has 1 aliphatic rings. The van der Waals surface area contributed by atoms with Crippen molar-refractivity contribution in [3.63, 3.8) is 0 Å². The number of allylic oxidation sites excluding steroid dienone is 1. The molecular formula is C26H26ClN3O. The topological polar surface area (TPSA) is 44.7 Å². The minimum Gasteiger partial charge on any atom is -0.365 e. The number of nitrogens with one attached hydrogen (secondary N) is 1. The maximum Gasteiger partial charge on any atom is 0.244 e. The summed E-state index contributed by atoms with van der Waals surface area (Å²) in [4.78, 5) is 14.7. The van der Waals surface area contributed by atoms with E-state index in [9.17, 15) is 4.79 Å². The van der Waals surface area contributed by atoms with Crippen LogP contribution in [-0.4, -0.2) is 24.7 Å². The number of nitrogens with zero attached hydrogens (tertiary/aromatic N) is 2. The summed E-state index contributed by atoms with van der Waals surface area (Å²) in [6, 6.07) is 18.0. The van der Waals surface area contributed by atoms with E-state index in [0.717, 1.165) is 33.2 Å². The van der Waals surface area contributed by atoms with Gasteiger partial charge in [0.2, 0.25) is 5.91 Å². The summed E-state index contributed by atoms with van der Waals surface area (Å²) in [6.07, 6.45) is 4.12. The van der Waals surface area contributed by atoms with Gasteiger partial charge in [0.1, 0.15) is 0 Å². The van der Waals surface area contributed by atoms with Gasteiger partial charge in [-0.05, 0) is 54.8 Å². The maximum absolute atomic E-state index is 12.5. The second kappa shape index (κ2) is 8.20. The van der Waals surface area contributed by atoms with E-state index in [1.54, 1.807) is 6.21 Å². The molecule has 1 aliphatic heterocycles. The van der Waals surface area contributed by atoms with Crippen molar-refractivity contribution < 1.29 is 4.79 Å². The van der Waals surface area contributed by atoms with E-state index in [1.165, 1.54) is 5.57 Å². The van der Waals surface area contributed by atoms with Crippen molar-refractivity contribution in [2.45, 2.75) is 32.7 Å². The highest BCUT2D eigenvalue weighted by Gasteiger charge is 2.29. The molecule has 0 bridgehead atoms. The molecule has 1 heterocycles. The smallest absolute Gasteiger partial charge is 0.244 e. The number of rotatable bonds is 4. The third-order valence-electron chi connectivity index (χ3n) is 5.96. The number of benzene rings is 3. The third-order valence-corrected chi connectivity index (χ3v) is 6.29. The quantitative estimate of drug-likeness (QED) is 0.418. The molecule has 1 N–H and O–H groups in total. The molecule has 0 aliphatic carbocycles. The Kier molecular flexibility index (Phi) is 5.59. The average Bonchev–Trinajstić information content (AvgIpc) is 2.73. The summed E-state index contributed by atoms with van der Waals surface area (Å²) in [6.45, 7) is 6.46. The maximum atomic E-state index is 12.5. The van der Waals surface area contributed by atoms with Crippen LogP contribution in [0.15, 0.2) is 65.8 Å². The number of carbonyl (C=O) groups excluding carboxylic acids is 1. The number of fused-ring (bicyclic) bond motifs is 2. The van der Waals surface area contributed by atoms with Gasteiger partial charge in [0, 0.05) is 23.9 Å². The zero-order valence-corrected chi connectivity index (χ0v) is 19.0. The summed E-state index contributed by atoms with van der Waals surface area (Å²) < 4.78 is 0. The van der Waals surface area contributed by atoms with Gasteiger partial charge in [-0.1, -0.05) is 60.1 Å². The van der Waals surface area contributed by atoms with Gasteiger partial charge in [-0.2, -0.15) is 5.10 Å². The van der Waals surface area contributed by atoms with Gasteiger partial charge < -0.3 is 4.90 Å². The summed E-state index contributed by atoms with van der Waals surface area (Å²) in [5, 5.41) is 6.96. The largest absolute Gasteiger partial charge is 0.365 e. The van der Waals surface area contributed by atoms with E-state index in [1.807, 2.05) is 54.6 Å². The van der Waals surface area contributed by atoms with Crippen molar-refractivity contribution in [3.8, 4) is 0 Å². The number of carbonyl (C=O) groups is 1. The Bertz CT molecular complexity index is 1220. The van der Waals surface area contributed by atoms with Gasteiger partial charge in [0.15, 0.2) is 0 Å². The lowest BCUT2D eigenvalue weighted by Crippen LogP contribution is -2.42. The molecule has 5 heteroatoms. The van der Waals surface area contributed by atoms with Gasteiger partial charge in [-0.15, -0.1) is 0 Å². The first-order chi connectivity index (χ1) is 14.8. The molecule has 0 saturated heterocycles. The molecule has 4 nitrogen and oxygen atoms in total. The van der Waals surface area contributed by atoms with Gasteiger partial charge in [0.05, 0.1) is 23.2 Å². The highest BCUT2D eigenvalue weighted by molar-refractivity contribution is 6.33. The van der Waals surface area contributed by atoms with Crippen molar-refractivity contribution in [2.75, 3.05) is 11.9 Å². The Hall–Kier alpha value is -3.11. The number of hydrogen-bond acceptors (Lipinski definition) is 3. The fourth-order valence-electron chi connectivity index (χ4n) is 4.12. The highest BCUT2D eigenvalue weighted by Crippen LogP contribution is 2.40. The predicted octanol–water partition coefficient (Wildman–Crippen LogP) is 5.82. The summed E-state index contributed by atoms with van der Waals surface area (Å²) >= 11 is 6.53. The fraction of sp³-hybridized carbons (Fsp3) is 0.231. The fourth-order valence-corrected chi connectivity index (χ4v) is 4.33. The Labute approximate surface area is 188 Å². The van der Waals surface area contributed by atoms with Gasteiger partial charge in [-0.3, -0.25) is 4.79 Å². The molecule has 0 aromatic heterocycles. The van der Waals surface area contributed by atoms with Crippen LogP contribution in [0.2, 0.25) is 5.02 Å². The first-order valence-electron chi connectivity index (χ1n) is 10.3. The van der Waals surface area contributed by atoms with Crippen LogP contribution < -0.4 is 10.3 Å². The first-order valence-corrected chi connectivity index (χ1v) is 10.7. The van der Waals surface area contributed by atoms with E-state index in [2.05, 4.69) is 49.3 Å². The number of halogens is 1. The molecule has 1 amide bonds. The third kappa shape index (κ3) is 4.21. The minimum atomic E-state index is -0.167. The second-order valence-corrected chi connectivity index (χ2v) is 8.95. The van der Waals surface area contributed by atoms with Crippen LogP contribution in [0.3, 0.4) is 0 Å². The monoisotopic (exact) mass is 431 g/mol. The molecule has 4 rings (SSSR count). The number of anilines is 1. The molecule has 0 saturated carbocycles. The zero-order valence-electron chi connectivity index (χ0n) is 18.2. The number of hydrazone groups is 1. The molecule has 0 unspecified atom stereocenters. The summed E-state index contributed by atoms with van der Waals surface area (Å²) in [7, 11) is 2.07. The molecule has 31 heavy (non-hydrogen) atoms. The lowest BCUT2D eigenvalue weighted by atomic mass is 9.88. The number of hydrogen-bond donors (Lipinski definition) is 1. The molecule has 3 aromatic carbocycles. The first kappa shape index (κ1) is 21.1. The van der Waals surface area contributed by atoms with Crippen LogP contribution in [0, 0.1) is 0 Å². The van der Waals surface area contributed by atoms with Crippen molar-refractivity contribution in [1.29, 1.82) is 0 Å². The van der Waals surface area contributed by atoms with Gasteiger partial charge in [-0.25, -0.2) is 5.43 Å². The van der Waals surface area contributed by atoms with Crippen LogP contribution in [0.4, 0.5) is 5.69 Å². The van der Waals surface area contributed by atoms with E-state index < -0.39 is 0 Å². The molecule has 158 valence electrons. The predicted molar refractivity (Wildman–Crippen MR) is 131 cm³/mol. The molecular weight excluding hydrogens is 406 g/mol. The Morgan fingerprint density at radius 3 is 2.71 bits per heavy atom. The number of likely N-dealkylation sites (N-methyl/N-ethyl adjacent to an activating group) is 1. The number of amides is 1. The van der Waals surface area contributed by atoms with Crippen molar-refractivity contribution in [2.24, 2.45) is 5.10 Å². The van der Waals surface area contributed by atoms with Crippen LogP contribution in [-0.2, 0) is 11.2 Å². The minimum absolute atomic E-state index is 0.0778. The zero-order chi connectivity index (χ0) is 22.2. The van der Waals surface area contributed by atoms with Crippen molar-refractivity contribution in [1.82, 2.24) is 5.43 Å². The Balaban J connectivity index is 1.51. The van der Waals surface area contributed by atoms with Crippen LogP contribution in [0.1, 0.15) is 37.5 Å². The standard InChI is InChI=1S/C26H26ClN3O/c1-17-15-26(2,3)30(4)24-14-23(27)20(12-22(17)24)16-28-29-25(31)13-19-10-7-9-18-8-5-6-11-21(18)19/h5-12,14-16H,13H2,1-4H3,(H,29,31)/b28-16-. The lowest BCUT2D eigenvalue weighted by Gasteiger charge is -2.40. The highest BCUT2D eigenvalue weighted by atomic mass is 35.5. The molecule has 0 spiro atoms. The van der Waals surface area contributed by atoms with E-state index >= 15 is 0 Å². The van der Waals surface area contributed by atoms with Crippen molar-refractivity contribution in [3.05, 3.63) is 82.4 Å². The van der Waals surface area contributed by atoms with Gasteiger partial charge in [0.25, 0.3) is 0 Å². The molecule has 0 radical (unpaired) electrons. The van der Waals surface area contributed by atoms with Crippen LogP contribution in [0.25, 0.3) is 16.3 Å². The van der Waals surface area contributed by atoms with Crippen LogP contribution >= 0.6 is 11.6 Å². The average molecular weight is 432 g/mol. The van der Waals surface area contributed by atoms with Crippen LogP contribution in [0.5, 0.6) is 0 Å². The molecule has 0 atom stereocenters. The Morgan fingerprint density at radius 1 is 1.16 bits per heavy atom. The Morgan fingerprint density at radius 2 is 1.90 bits per heavy atom. The van der Waals surface area contributed by atoms with Crippen molar-refractivity contribution >= 4 is 45.8 Å².